The number of anilines is 2. The smallest absolute Gasteiger partial charge is 0.145 e. The van der Waals surface area contributed by atoms with Gasteiger partial charge in [-0.15, -0.1) is 0 Å². The van der Waals surface area contributed by atoms with Crippen LogP contribution in [0.5, 0.6) is 0 Å². The molecular formula is C13H20N6. The summed E-state index contributed by atoms with van der Waals surface area (Å²) in [5, 5.41) is 8.77. The molecule has 0 bridgehead atoms. The molecular weight excluding hydrogens is 240 g/mol. The van der Waals surface area contributed by atoms with Gasteiger partial charge in [0.1, 0.15) is 17.5 Å². The maximum Gasteiger partial charge on any atom is 0.145 e. The number of aromatic nitrogens is 2. The number of hydrazine groups is 1. The molecule has 2 rings (SSSR count). The lowest BCUT2D eigenvalue weighted by molar-refractivity contribution is 0.736. The van der Waals surface area contributed by atoms with Crippen LogP contribution in [-0.4, -0.2) is 22.6 Å². The summed E-state index contributed by atoms with van der Waals surface area (Å²) in [6.07, 6.45) is 2.83. The van der Waals surface area contributed by atoms with Crippen molar-refractivity contribution in [2.45, 2.75) is 45.1 Å². The zero-order valence-corrected chi connectivity index (χ0v) is 11.4. The van der Waals surface area contributed by atoms with Crippen molar-refractivity contribution >= 4 is 11.6 Å². The maximum atomic E-state index is 8.77. The summed E-state index contributed by atoms with van der Waals surface area (Å²) < 4.78 is 0. The number of nitrogens with one attached hydrogen (secondary N) is 1. The van der Waals surface area contributed by atoms with Crippen LogP contribution in [0.1, 0.15) is 44.9 Å². The molecule has 1 fully saturated rings. The molecule has 3 N–H and O–H groups in total. The van der Waals surface area contributed by atoms with Crippen LogP contribution >= 0.6 is 0 Å². The summed E-state index contributed by atoms with van der Waals surface area (Å²) in [7, 11) is 0. The van der Waals surface area contributed by atoms with Crippen molar-refractivity contribution in [3.63, 3.8) is 0 Å². The second-order valence-corrected chi connectivity index (χ2v) is 5.10. The van der Waals surface area contributed by atoms with E-state index in [9.17, 15) is 0 Å². The van der Waals surface area contributed by atoms with Gasteiger partial charge in [0.2, 0.25) is 0 Å². The molecule has 102 valence electrons. The highest BCUT2D eigenvalue weighted by molar-refractivity contribution is 5.50. The summed E-state index contributed by atoms with van der Waals surface area (Å²) in [6.45, 7) is 4.81. The minimum absolute atomic E-state index is 0.240. The summed E-state index contributed by atoms with van der Waals surface area (Å²) in [4.78, 5) is 11.2. The van der Waals surface area contributed by atoms with Crippen molar-refractivity contribution in [2.75, 3.05) is 16.9 Å². The zero-order valence-electron chi connectivity index (χ0n) is 11.4. The average Bonchev–Trinajstić information content (AvgIpc) is 3.23. The lowest BCUT2D eigenvalue weighted by Crippen LogP contribution is -2.28. The Kier molecular flexibility index (Phi) is 4.17. The van der Waals surface area contributed by atoms with Crippen LogP contribution < -0.4 is 16.2 Å². The molecule has 0 saturated heterocycles. The van der Waals surface area contributed by atoms with E-state index >= 15 is 0 Å². The van der Waals surface area contributed by atoms with Gasteiger partial charge in [-0.25, -0.2) is 15.8 Å². The third-order valence-corrected chi connectivity index (χ3v) is 3.14. The highest BCUT2D eigenvalue weighted by Crippen LogP contribution is 2.32. The Hall–Kier alpha value is -1.87. The molecule has 1 aliphatic carbocycles. The van der Waals surface area contributed by atoms with E-state index in [-0.39, 0.29) is 5.92 Å². The van der Waals surface area contributed by atoms with Gasteiger partial charge in [-0.1, -0.05) is 13.8 Å². The van der Waals surface area contributed by atoms with Crippen LogP contribution in [0.2, 0.25) is 0 Å². The number of rotatable bonds is 6. The average molecular weight is 260 g/mol. The van der Waals surface area contributed by atoms with Gasteiger partial charge in [-0.2, -0.15) is 5.26 Å². The predicted molar refractivity (Wildman–Crippen MR) is 74.5 cm³/mol. The molecule has 6 heteroatoms. The Balaban J connectivity index is 2.29. The Morgan fingerprint density at radius 2 is 2.26 bits per heavy atom. The Bertz CT molecular complexity index is 475. The molecule has 0 amide bonds. The van der Waals surface area contributed by atoms with Crippen molar-refractivity contribution in [1.29, 1.82) is 5.26 Å². The fraction of sp³-hybridized carbons (Fsp3) is 0.615. The van der Waals surface area contributed by atoms with Crippen molar-refractivity contribution < 1.29 is 0 Å². The lowest BCUT2D eigenvalue weighted by atomic mass is 10.2. The van der Waals surface area contributed by atoms with Gasteiger partial charge >= 0.3 is 0 Å². The Morgan fingerprint density at radius 1 is 1.53 bits per heavy atom. The minimum Gasteiger partial charge on any atom is -0.352 e. The number of hydrogen-bond acceptors (Lipinski definition) is 6. The molecule has 1 aromatic rings. The normalized spacial score (nSPS) is 14.3. The topological polar surface area (TPSA) is 90.9 Å². The van der Waals surface area contributed by atoms with E-state index in [4.69, 9.17) is 11.1 Å². The lowest BCUT2D eigenvalue weighted by Gasteiger charge is -2.23. The monoisotopic (exact) mass is 260 g/mol. The second-order valence-electron chi connectivity index (χ2n) is 5.10. The molecule has 0 radical (unpaired) electrons. The molecule has 0 aromatic carbocycles. The molecule has 6 nitrogen and oxygen atoms in total. The zero-order chi connectivity index (χ0) is 13.8. The highest BCUT2D eigenvalue weighted by atomic mass is 15.3. The van der Waals surface area contributed by atoms with Gasteiger partial charge in [0.25, 0.3) is 0 Å². The van der Waals surface area contributed by atoms with E-state index in [2.05, 4.69) is 40.2 Å². The van der Waals surface area contributed by atoms with Crippen molar-refractivity contribution in [3.05, 3.63) is 11.9 Å². The van der Waals surface area contributed by atoms with Crippen molar-refractivity contribution in [2.24, 2.45) is 5.84 Å². The summed E-state index contributed by atoms with van der Waals surface area (Å²) in [6, 6.07) is 4.55. The van der Waals surface area contributed by atoms with Crippen molar-refractivity contribution in [1.82, 2.24) is 9.97 Å². The molecule has 19 heavy (non-hydrogen) atoms. The highest BCUT2D eigenvalue weighted by Gasteiger charge is 2.30. The van der Waals surface area contributed by atoms with E-state index in [1.54, 1.807) is 0 Å². The van der Waals surface area contributed by atoms with Gasteiger partial charge in [0.15, 0.2) is 0 Å². The number of nitrogen functional groups attached to an aromatic ring is 1. The predicted octanol–water partition coefficient (Wildman–Crippen LogP) is 1.77. The number of nitriles is 1. The van der Waals surface area contributed by atoms with Crippen molar-refractivity contribution in [3.8, 4) is 6.07 Å². The Morgan fingerprint density at radius 3 is 2.79 bits per heavy atom. The van der Waals surface area contributed by atoms with Crippen LogP contribution in [0.3, 0.4) is 0 Å². The first kappa shape index (κ1) is 13.6. The summed E-state index contributed by atoms with van der Waals surface area (Å²) in [5.74, 6) is 7.97. The number of nitrogens with zero attached hydrogens (tertiary/aromatic N) is 4. The fourth-order valence-electron chi connectivity index (χ4n) is 1.97. The summed E-state index contributed by atoms with van der Waals surface area (Å²) >= 11 is 0. The molecule has 1 heterocycles. The van der Waals surface area contributed by atoms with Crippen LogP contribution in [0, 0.1) is 11.3 Å². The van der Waals surface area contributed by atoms with Crippen LogP contribution in [0.4, 0.5) is 11.6 Å². The van der Waals surface area contributed by atoms with Crippen LogP contribution in [0.15, 0.2) is 6.07 Å². The third-order valence-electron chi connectivity index (χ3n) is 3.14. The molecule has 1 aliphatic rings. The standard InChI is InChI=1S/C13H20N6/c1-9(2)13-16-11(18-15)8-12(17-13)19(7-3-6-14)10-4-5-10/h8-10H,3-5,7,15H2,1-2H3,(H,16,17,18). The first-order chi connectivity index (χ1) is 9.15. The second kappa shape index (κ2) is 5.85. The van der Waals surface area contributed by atoms with E-state index in [0.717, 1.165) is 24.5 Å². The van der Waals surface area contributed by atoms with E-state index in [0.29, 0.717) is 24.8 Å². The number of hydrogen-bond donors (Lipinski definition) is 2. The quantitative estimate of drug-likeness (QED) is 0.598. The molecule has 0 unspecified atom stereocenters. The van der Waals surface area contributed by atoms with Crippen LogP contribution in [0.25, 0.3) is 0 Å². The van der Waals surface area contributed by atoms with Gasteiger partial charge in [0, 0.05) is 24.6 Å². The SMILES string of the molecule is CC(C)c1nc(NN)cc(N(CCC#N)C2CC2)n1. The third kappa shape index (κ3) is 3.32. The maximum absolute atomic E-state index is 8.77. The van der Waals surface area contributed by atoms with Gasteiger partial charge in [-0.3, -0.25) is 0 Å². The van der Waals surface area contributed by atoms with E-state index < -0.39 is 0 Å². The van der Waals surface area contributed by atoms with Gasteiger partial charge < -0.3 is 10.3 Å². The first-order valence-electron chi connectivity index (χ1n) is 6.65. The molecule has 1 aromatic heterocycles. The van der Waals surface area contributed by atoms with Gasteiger partial charge in [-0.05, 0) is 12.8 Å². The molecule has 0 spiro atoms. The first-order valence-corrected chi connectivity index (χ1v) is 6.65. The largest absolute Gasteiger partial charge is 0.352 e. The minimum atomic E-state index is 0.240. The van der Waals surface area contributed by atoms with E-state index in [1.165, 1.54) is 0 Å². The summed E-state index contributed by atoms with van der Waals surface area (Å²) in [5.41, 5.74) is 2.59. The molecule has 0 atom stereocenters. The molecule has 0 aliphatic heterocycles. The fourth-order valence-corrected chi connectivity index (χ4v) is 1.97. The van der Waals surface area contributed by atoms with Gasteiger partial charge in [0.05, 0.1) is 12.5 Å². The number of nitrogens with two attached hydrogens (primary N) is 1. The Labute approximate surface area is 113 Å². The van der Waals surface area contributed by atoms with Crippen LogP contribution in [-0.2, 0) is 0 Å². The van der Waals surface area contributed by atoms with E-state index in [1.807, 2.05) is 6.07 Å². The molecule has 1 saturated carbocycles.